The summed E-state index contributed by atoms with van der Waals surface area (Å²) in [7, 11) is 3.75. The van der Waals surface area contributed by atoms with Crippen LogP contribution in [0.4, 0.5) is 4.39 Å². The number of rotatable bonds is 7. The number of halogens is 1. The lowest BCUT2D eigenvalue weighted by atomic mass is 10.0. The Morgan fingerprint density at radius 3 is 2.69 bits per heavy atom. The third kappa shape index (κ3) is 4.64. The van der Waals surface area contributed by atoms with Gasteiger partial charge in [-0.3, -0.25) is 9.97 Å². The quantitative estimate of drug-likeness (QED) is 0.386. The minimum atomic E-state index is -0.445. The van der Waals surface area contributed by atoms with Gasteiger partial charge in [0.1, 0.15) is 22.9 Å². The van der Waals surface area contributed by atoms with Crippen LogP contribution >= 0.6 is 0 Å². The van der Waals surface area contributed by atoms with Crippen LogP contribution in [0.1, 0.15) is 30.3 Å². The Balaban J connectivity index is 1.62. The molecular formula is C26H28FN7O2. The molecule has 1 aliphatic heterocycles. The lowest BCUT2D eigenvalue weighted by Gasteiger charge is -2.22. The molecule has 5 rings (SSSR count). The largest absolute Gasteiger partial charge is 0.496 e. The summed E-state index contributed by atoms with van der Waals surface area (Å²) in [5.41, 5.74) is 5.35. The van der Waals surface area contributed by atoms with E-state index in [1.54, 1.807) is 13.3 Å². The smallest absolute Gasteiger partial charge is 0.318 e. The van der Waals surface area contributed by atoms with Gasteiger partial charge in [0.15, 0.2) is 5.65 Å². The lowest BCUT2D eigenvalue weighted by Crippen LogP contribution is -2.23. The van der Waals surface area contributed by atoms with Crippen molar-refractivity contribution in [2.24, 2.45) is 0 Å². The zero-order valence-electron chi connectivity index (χ0n) is 20.8. The van der Waals surface area contributed by atoms with E-state index in [0.717, 1.165) is 37.0 Å². The summed E-state index contributed by atoms with van der Waals surface area (Å²) < 4.78 is 27.3. The van der Waals surface area contributed by atoms with E-state index in [2.05, 4.69) is 33.0 Å². The average Bonchev–Trinajstić information content (AvgIpc) is 3.24. The first-order chi connectivity index (χ1) is 17.5. The van der Waals surface area contributed by atoms with Gasteiger partial charge in [0.2, 0.25) is 0 Å². The monoisotopic (exact) mass is 489 g/mol. The Hall–Kier alpha value is -3.92. The zero-order chi connectivity index (χ0) is 25.2. The molecule has 4 aromatic rings. The van der Waals surface area contributed by atoms with Gasteiger partial charge in [-0.2, -0.15) is 9.97 Å². The highest BCUT2D eigenvalue weighted by atomic mass is 19.1. The number of imidazole rings is 1. The fourth-order valence-corrected chi connectivity index (χ4v) is 4.33. The molecule has 36 heavy (non-hydrogen) atoms. The first kappa shape index (κ1) is 23.8. The summed E-state index contributed by atoms with van der Waals surface area (Å²) in [6.07, 6.45) is 7.71. The zero-order valence-corrected chi connectivity index (χ0v) is 20.8. The van der Waals surface area contributed by atoms with Crippen molar-refractivity contribution in [1.29, 1.82) is 0 Å². The van der Waals surface area contributed by atoms with Crippen molar-refractivity contribution in [3.05, 3.63) is 59.6 Å². The van der Waals surface area contributed by atoms with Crippen LogP contribution in [0.25, 0.3) is 28.1 Å². The number of hydrogen-bond donors (Lipinski definition) is 0. The standard InChI is InChI=1S/C26H28FN7O2/c1-5-36-26-30-16(2)23-25(32-26)34(24(31-23)18-10-20(27)14-28-12-18)15-19-13-29-21(11-22(19)35-4)17-6-8-33(3)9-7-17/h6,10-14H,5,7-9,15H2,1-4H3. The maximum absolute atomic E-state index is 14.1. The molecule has 0 unspecified atom stereocenters. The van der Waals surface area contributed by atoms with Crippen LogP contribution in [0.5, 0.6) is 11.8 Å². The summed E-state index contributed by atoms with van der Waals surface area (Å²) in [6.45, 7) is 6.40. The molecule has 0 bridgehead atoms. The molecule has 1 aliphatic rings. The van der Waals surface area contributed by atoms with Crippen molar-refractivity contribution in [2.75, 3.05) is 33.9 Å². The van der Waals surface area contributed by atoms with Gasteiger partial charge in [-0.15, -0.1) is 0 Å². The number of pyridine rings is 2. The number of aromatic nitrogens is 6. The molecule has 0 fully saturated rings. The summed E-state index contributed by atoms with van der Waals surface area (Å²) >= 11 is 0. The van der Waals surface area contributed by atoms with E-state index in [0.29, 0.717) is 47.1 Å². The molecule has 5 heterocycles. The first-order valence-electron chi connectivity index (χ1n) is 11.9. The molecule has 9 nitrogen and oxygen atoms in total. The fourth-order valence-electron chi connectivity index (χ4n) is 4.33. The van der Waals surface area contributed by atoms with Crippen LogP contribution in [0, 0.1) is 12.7 Å². The van der Waals surface area contributed by atoms with Gasteiger partial charge < -0.3 is 18.9 Å². The average molecular weight is 490 g/mol. The van der Waals surface area contributed by atoms with Gasteiger partial charge >= 0.3 is 6.01 Å². The van der Waals surface area contributed by atoms with Gasteiger partial charge in [0.05, 0.1) is 37.8 Å². The van der Waals surface area contributed by atoms with Crippen LogP contribution in [-0.2, 0) is 6.54 Å². The molecule has 0 spiro atoms. The second-order valence-corrected chi connectivity index (χ2v) is 8.73. The van der Waals surface area contributed by atoms with Crippen molar-refractivity contribution in [3.63, 3.8) is 0 Å². The van der Waals surface area contributed by atoms with Crippen LogP contribution in [0.15, 0.2) is 36.8 Å². The van der Waals surface area contributed by atoms with E-state index in [-0.39, 0.29) is 6.01 Å². The minimum Gasteiger partial charge on any atom is -0.496 e. The normalized spacial score (nSPS) is 14.2. The number of methoxy groups -OCH3 is 1. The van der Waals surface area contributed by atoms with E-state index in [1.165, 1.54) is 11.6 Å². The molecule has 0 N–H and O–H groups in total. The molecule has 0 atom stereocenters. The van der Waals surface area contributed by atoms with Crippen molar-refractivity contribution >= 4 is 16.7 Å². The van der Waals surface area contributed by atoms with Crippen molar-refractivity contribution < 1.29 is 13.9 Å². The van der Waals surface area contributed by atoms with Gasteiger partial charge in [-0.1, -0.05) is 6.08 Å². The Bertz CT molecular complexity index is 1450. The van der Waals surface area contributed by atoms with Crippen LogP contribution in [-0.4, -0.2) is 68.2 Å². The molecule has 0 radical (unpaired) electrons. The van der Waals surface area contributed by atoms with Gasteiger partial charge in [0, 0.05) is 42.7 Å². The molecule has 186 valence electrons. The maximum Gasteiger partial charge on any atom is 0.318 e. The van der Waals surface area contributed by atoms with E-state index in [4.69, 9.17) is 19.4 Å². The highest BCUT2D eigenvalue weighted by Gasteiger charge is 2.21. The van der Waals surface area contributed by atoms with Crippen LogP contribution < -0.4 is 9.47 Å². The Morgan fingerprint density at radius 1 is 1.11 bits per heavy atom. The van der Waals surface area contributed by atoms with Gasteiger partial charge in [-0.05, 0) is 39.0 Å². The summed E-state index contributed by atoms with van der Waals surface area (Å²) in [6, 6.07) is 3.64. The second kappa shape index (κ2) is 9.98. The topological polar surface area (TPSA) is 91.1 Å². The van der Waals surface area contributed by atoms with E-state index in [9.17, 15) is 4.39 Å². The van der Waals surface area contributed by atoms with Gasteiger partial charge in [0.25, 0.3) is 0 Å². The number of likely N-dealkylation sites (N-methyl/N-ethyl adjacent to an activating group) is 1. The molecule has 0 saturated carbocycles. The summed E-state index contributed by atoms with van der Waals surface area (Å²) in [5, 5.41) is 0. The molecule has 0 amide bonds. The second-order valence-electron chi connectivity index (χ2n) is 8.73. The number of ether oxygens (including phenoxy) is 2. The molecular weight excluding hydrogens is 461 g/mol. The van der Waals surface area contributed by atoms with Crippen molar-refractivity contribution in [1.82, 2.24) is 34.4 Å². The van der Waals surface area contributed by atoms with Crippen molar-refractivity contribution in [2.45, 2.75) is 26.8 Å². The van der Waals surface area contributed by atoms with Crippen molar-refractivity contribution in [3.8, 4) is 23.1 Å². The third-order valence-electron chi connectivity index (χ3n) is 6.22. The predicted molar refractivity (Wildman–Crippen MR) is 134 cm³/mol. The Kier molecular flexibility index (Phi) is 6.60. The number of aryl methyl sites for hydroxylation is 1. The lowest BCUT2D eigenvalue weighted by molar-refractivity contribution is 0.313. The number of hydrogen-bond acceptors (Lipinski definition) is 8. The van der Waals surface area contributed by atoms with E-state index in [1.807, 2.05) is 30.7 Å². The van der Waals surface area contributed by atoms with Crippen LogP contribution in [0.3, 0.4) is 0 Å². The highest BCUT2D eigenvalue weighted by molar-refractivity contribution is 5.79. The number of fused-ring (bicyclic) bond motifs is 1. The minimum absolute atomic E-state index is 0.266. The highest BCUT2D eigenvalue weighted by Crippen LogP contribution is 2.31. The first-order valence-corrected chi connectivity index (χ1v) is 11.9. The summed E-state index contributed by atoms with van der Waals surface area (Å²) in [5.74, 6) is 0.784. The Morgan fingerprint density at radius 2 is 1.97 bits per heavy atom. The van der Waals surface area contributed by atoms with E-state index >= 15 is 0 Å². The summed E-state index contributed by atoms with van der Waals surface area (Å²) in [4.78, 5) is 24.8. The van der Waals surface area contributed by atoms with Gasteiger partial charge in [-0.25, -0.2) is 9.37 Å². The Labute approximate surface area is 208 Å². The fraction of sp³-hybridized carbons (Fsp3) is 0.346. The molecule has 0 aromatic carbocycles. The maximum atomic E-state index is 14.1. The van der Waals surface area contributed by atoms with Crippen LogP contribution in [0.2, 0.25) is 0 Å². The third-order valence-corrected chi connectivity index (χ3v) is 6.22. The molecule has 4 aromatic heterocycles. The van der Waals surface area contributed by atoms with E-state index < -0.39 is 5.82 Å². The SMILES string of the molecule is CCOc1nc(C)c2nc(-c3cncc(F)c3)n(Cc3cnc(C4=CCN(C)CC4)cc3OC)c2n1. The molecule has 0 aliphatic carbocycles. The molecule has 10 heteroatoms. The molecule has 0 saturated heterocycles. The predicted octanol–water partition coefficient (Wildman–Crippen LogP) is 3.91. The number of nitrogens with zero attached hydrogens (tertiary/aromatic N) is 7.